The van der Waals surface area contributed by atoms with Gasteiger partial charge in [-0.3, -0.25) is 9.13 Å². The van der Waals surface area contributed by atoms with Crippen molar-refractivity contribution >= 4 is 29.0 Å². The highest BCUT2D eigenvalue weighted by molar-refractivity contribution is 6.35. The summed E-state index contributed by atoms with van der Waals surface area (Å²) in [7, 11) is 0. The van der Waals surface area contributed by atoms with Gasteiger partial charge in [0, 0.05) is 34.0 Å². The molecule has 8 nitrogen and oxygen atoms in total. The molecule has 0 saturated heterocycles. The summed E-state index contributed by atoms with van der Waals surface area (Å²) in [6.07, 6.45) is 7.94. The van der Waals surface area contributed by atoms with Gasteiger partial charge in [0.2, 0.25) is 5.95 Å². The molecule has 4 aromatic rings. The monoisotopic (exact) mass is 454 g/mol. The van der Waals surface area contributed by atoms with Crippen molar-refractivity contribution in [1.82, 2.24) is 34.3 Å². The Kier molecular flexibility index (Phi) is 4.91. The van der Waals surface area contributed by atoms with Gasteiger partial charge >= 0.3 is 0 Å². The minimum absolute atomic E-state index is 0.0757. The van der Waals surface area contributed by atoms with Crippen LogP contribution in [0.5, 0.6) is 0 Å². The Morgan fingerprint density at radius 3 is 2.55 bits per heavy atom. The molecule has 1 aliphatic heterocycles. The zero-order valence-corrected chi connectivity index (χ0v) is 18.7. The highest BCUT2D eigenvalue weighted by Gasteiger charge is 2.35. The third-order valence-corrected chi connectivity index (χ3v) is 5.81. The summed E-state index contributed by atoms with van der Waals surface area (Å²) in [4.78, 5) is 16.4. The van der Waals surface area contributed by atoms with Crippen LogP contribution < -0.4 is 4.90 Å². The molecule has 1 unspecified atom stereocenters. The van der Waals surface area contributed by atoms with E-state index in [0.717, 1.165) is 29.3 Å². The number of anilines is 1. The van der Waals surface area contributed by atoms with E-state index in [0.29, 0.717) is 21.8 Å². The molecule has 1 atom stereocenters. The Labute approximate surface area is 189 Å². The quantitative estimate of drug-likeness (QED) is 0.436. The van der Waals surface area contributed by atoms with Crippen LogP contribution in [0, 0.1) is 0 Å². The number of fused-ring (bicyclic) bond motifs is 3. The minimum Gasteiger partial charge on any atom is -0.342 e. The van der Waals surface area contributed by atoms with E-state index in [1.165, 1.54) is 0 Å². The van der Waals surface area contributed by atoms with Gasteiger partial charge in [-0.15, -0.1) is 10.2 Å². The molecule has 0 fully saturated rings. The molecule has 31 heavy (non-hydrogen) atoms. The van der Waals surface area contributed by atoms with Crippen LogP contribution in [-0.4, -0.2) is 40.3 Å². The van der Waals surface area contributed by atoms with E-state index in [1.54, 1.807) is 24.8 Å². The first-order valence-corrected chi connectivity index (χ1v) is 10.8. The fraction of sp³-hybridized carbons (Fsp3) is 0.286. The summed E-state index contributed by atoms with van der Waals surface area (Å²) in [5, 5.41) is 9.57. The van der Waals surface area contributed by atoms with Gasteiger partial charge in [0.1, 0.15) is 17.8 Å². The van der Waals surface area contributed by atoms with E-state index >= 15 is 0 Å². The summed E-state index contributed by atoms with van der Waals surface area (Å²) in [6.45, 7) is 6.44. The second kappa shape index (κ2) is 7.62. The lowest BCUT2D eigenvalue weighted by Gasteiger charge is -2.39. The third kappa shape index (κ3) is 3.26. The smallest absolute Gasteiger partial charge is 0.237 e. The second-order valence-corrected chi connectivity index (χ2v) is 8.51. The van der Waals surface area contributed by atoms with Gasteiger partial charge in [0.15, 0.2) is 11.6 Å². The maximum absolute atomic E-state index is 6.21. The maximum Gasteiger partial charge on any atom is 0.237 e. The molecule has 158 valence electrons. The standard InChI is InChI=1S/C21H20Cl2N8/c1-4-16-20-28-26-11-30(20)17-10-25-21(27-19(17)31(16)12(2)3)29-6-5-24-18(29)13-7-14(22)9-15(23)8-13/h5-12,16H,4H2,1-3H3. The van der Waals surface area contributed by atoms with Gasteiger partial charge in [-0.25, -0.2) is 9.97 Å². The topological polar surface area (TPSA) is 77.5 Å². The molecule has 10 heteroatoms. The van der Waals surface area contributed by atoms with Crippen LogP contribution in [0.3, 0.4) is 0 Å². The predicted octanol–water partition coefficient (Wildman–Crippen LogP) is 4.90. The average molecular weight is 455 g/mol. The van der Waals surface area contributed by atoms with Crippen molar-refractivity contribution in [2.24, 2.45) is 0 Å². The maximum atomic E-state index is 6.21. The Morgan fingerprint density at radius 2 is 1.84 bits per heavy atom. The SMILES string of the molecule is CCC1c2nncn2-c2cnc(-n3ccnc3-c3cc(Cl)cc(Cl)c3)nc2N1C(C)C. The van der Waals surface area contributed by atoms with Crippen molar-refractivity contribution in [2.75, 3.05) is 4.90 Å². The molecule has 0 N–H and O–H groups in total. The molecule has 0 amide bonds. The van der Waals surface area contributed by atoms with Gasteiger partial charge in [-0.2, -0.15) is 4.98 Å². The van der Waals surface area contributed by atoms with Crippen molar-refractivity contribution in [3.8, 4) is 23.0 Å². The Balaban J connectivity index is 1.67. The average Bonchev–Trinajstić information content (AvgIpc) is 3.41. The lowest BCUT2D eigenvalue weighted by Crippen LogP contribution is -2.40. The molecular weight excluding hydrogens is 435 g/mol. The molecule has 0 radical (unpaired) electrons. The first-order chi connectivity index (χ1) is 15.0. The molecule has 1 aliphatic rings. The first kappa shape index (κ1) is 20.0. The third-order valence-electron chi connectivity index (χ3n) is 5.37. The van der Waals surface area contributed by atoms with Crippen LogP contribution in [-0.2, 0) is 0 Å². The Bertz CT molecular complexity index is 1240. The van der Waals surface area contributed by atoms with Crippen LogP contribution in [0.1, 0.15) is 39.1 Å². The lowest BCUT2D eigenvalue weighted by atomic mass is 10.1. The summed E-state index contributed by atoms with van der Waals surface area (Å²) in [5.74, 6) is 2.91. The summed E-state index contributed by atoms with van der Waals surface area (Å²) in [5.41, 5.74) is 1.65. The molecule has 5 rings (SSSR count). The van der Waals surface area contributed by atoms with Crippen molar-refractivity contribution < 1.29 is 0 Å². The minimum atomic E-state index is 0.0757. The highest BCUT2D eigenvalue weighted by atomic mass is 35.5. The van der Waals surface area contributed by atoms with Gasteiger partial charge in [0.05, 0.1) is 12.2 Å². The van der Waals surface area contributed by atoms with Gasteiger partial charge < -0.3 is 4.90 Å². The number of rotatable bonds is 4. The Morgan fingerprint density at radius 1 is 1.06 bits per heavy atom. The highest BCUT2D eigenvalue weighted by Crippen LogP contribution is 2.39. The van der Waals surface area contributed by atoms with Crippen LogP contribution in [0.25, 0.3) is 23.0 Å². The molecule has 0 spiro atoms. The van der Waals surface area contributed by atoms with Crippen molar-refractivity contribution in [2.45, 2.75) is 39.3 Å². The number of nitrogens with zero attached hydrogens (tertiary/aromatic N) is 8. The zero-order valence-electron chi connectivity index (χ0n) is 17.2. The number of imidazole rings is 1. The van der Waals surface area contributed by atoms with Gasteiger partial charge in [-0.05, 0) is 38.5 Å². The second-order valence-electron chi connectivity index (χ2n) is 7.64. The van der Waals surface area contributed by atoms with Crippen LogP contribution in [0.4, 0.5) is 5.82 Å². The van der Waals surface area contributed by atoms with E-state index in [4.69, 9.17) is 28.2 Å². The van der Waals surface area contributed by atoms with E-state index in [2.05, 4.69) is 45.8 Å². The molecule has 4 heterocycles. The normalized spacial score (nSPS) is 15.3. The number of aromatic nitrogens is 7. The van der Waals surface area contributed by atoms with Crippen molar-refractivity contribution in [1.29, 1.82) is 0 Å². The van der Waals surface area contributed by atoms with E-state index in [1.807, 2.05) is 27.5 Å². The van der Waals surface area contributed by atoms with Crippen LogP contribution in [0.15, 0.2) is 43.1 Å². The first-order valence-electron chi connectivity index (χ1n) is 10.0. The fourth-order valence-corrected chi connectivity index (χ4v) is 4.63. The Hall–Kier alpha value is -2.97. The summed E-state index contributed by atoms with van der Waals surface area (Å²) >= 11 is 12.4. The van der Waals surface area contributed by atoms with Crippen LogP contribution >= 0.6 is 23.2 Å². The van der Waals surface area contributed by atoms with E-state index < -0.39 is 0 Å². The number of halogens is 2. The molecule has 0 bridgehead atoms. The van der Waals surface area contributed by atoms with Crippen LogP contribution in [0.2, 0.25) is 10.0 Å². The van der Waals surface area contributed by atoms with E-state index in [-0.39, 0.29) is 12.1 Å². The van der Waals surface area contributed by atoms with E-state index in [9.17, 15) is 0 Å². The zero-order chi connectivity index (χ0) is 21.7. The molecule has 1 aromatic carbocycles. The van der Waals surface area contributed by atoms with Gasteiger partial charge in [0.25, 0.3) is 0 Å². The van der Waals surface area contributed by atoms with Gasteiger partial charge in [-0.1, -0.05) is 30.1 Å². The number of hydrogen-bond donors (Lipinski definition) is 0. The molecule has 0 aliphatic carbocycles. The summed E-state index contributed by atoms with van der Waals surface area (Å²) in [6, 6.07) is 5.62. The number of hydrogen-bond acceptors (Lipinski definition) is 6. The molecular formula is C21H20Cl2N8. The predicted molar refractivity (Wildman–Crippen MR) is 120 cm³/mol. The van der Waals surface area contributed by atoms with Crippen molar-refractivity contribution in [3.05, 3.63) is 59.0 Å². The molecule has 0 saturated carbocycles. The lowest BCUT2D eigenvalue weighted by molar-refractivity contribution is 0.497. The largest absolute Gasteiger partial charge is 0.342 e. The number of benzene rings is 1. The molecule has 3 aromatic heterocycles. The summed E-state index contributed by atoms with van der Waals surface area (Å²) < 4.78 is 3.81. The fourth-order valence-electron chi connectivity index (χ4n) is 4.11. The van der Waals surface area contributed by atoms with Crippen molar-refractivity contribution in [3.63, 3.8) is 0 Å².